The number of rotatable bonds is 5. The highest BCUT2D eigenvalue weighted by molar-refractivity contribution is 6.47. The molecule has 1 amide bonds. The van der Waals surface area contributed by atoms with E-state index in [1.807, 2.05) is 48.5 Å². The average Bonchev–Trinajstić information content (AvgIpc) is 2.55. The van der Waals surface area contributed by atoms with Crippen molar-refractivity contribution >= 4 is 19.4 Å². The van der Waals surface area contributed by atoms with Gasteiger partial charge in [0.15, 0.2) is 0 Å². The molecule has 132 valence electrons. The molecule has 1 heterocycles. The average molecular weight is 325 g/mol. The minimum atomic E-state index is -0.554. The molecule has 1 rings (SSSR count). The van der Waals surface area contributed by atoms with Gasteiger partial charge in [-0.3, -0.25) is 0 Å². The molecule has 0 radical (unpaired) electrons. The summed E-state index contributed by atoms with van der Waals surface area (Å²) in [5.41, 5.74) is -1.21. The fraction of sp³-hybridized carbons (Fsp3) is 0.882. The van der Waals surface area contributed by atoms with Crippen molar-refractivity contribution in [2.45, 2.75) is 97.3 Å². The molecule has 0 saturated carbocycles. The van der Waals surface area contributed by atoms with E-state index in [0.29, 0.717) is 6.42 Å². The highest BCUT2D eigenvalue weighted by Gasteiger charge is 2.53. The van der Waals surface area contributed by atoms with Gasteiger partial charge in [-0.1, -0.05) is 19.8 Å². The Hall–Kier alpha value is -0.875. The van der Waals surface area contributed by atoms with E-state index in [-0.39, 0.29) is 24.1 Å². The summed E-state index contributed by atoms with van der Waals surface area (Å²) in [6.45, 7) is 15.8. The summed E-state index contributed by atoms with van der Waals surface area (Å²) in [7, 11) is -0.273. The van der Waals surface area contributed by atoms with Crippen LogP contribution in [0.5, 0.6) is 0 Å². The number of hydrogen-bond donors (Lipinski definition) is 0. The lowest BCUT2D eigenvalue weighted by Gasteiger charge is -2.32. The largest absolute Gasteiger partial charge is 0.461 e. The van der Waals surface area contributed by atoms with Crippen molar-refractivity contribution < 1.29 is 18.8 Å². The van der Waals surface area contributed by atoms with E-state index in [1.54, 1.807) is 6.21 Å². The van der Waals surface area contributed by atoms with Gasteiger partial charge < -0.3 is 14.0 Å². The Morgan fingerprint density at radius 1 is 1.22 bits per heavy atom. The van der Waals surface area contributed by atoms with Gasteiger partial charge >= 0.3 is 13.2 Å². The summed E-state index contributed by atoms with van der Waals surface area (Å²) in [4.78, 5) is 15.5. The van der Waals surface area contributed by atoms with Crippen LogP contribution < -0.4 is 0 Å². The molecule has 1 saturated heterocycles. The van der Waals surface area contributed by atoms with Gasteiger partial charge in [-0.2, -0.15) is 4.99 Å². The molecule has 0 bridgehead atoms. The second kappa shape index (κ2) is 7.35. The molecule has 0 aromatic heterocycles. The molecule has 0 spiro atoms. The normalized spacial score (nSPS) is 21.7. The van der Waals surface area contributed by atoms with Gasteiger partial charge in [0, 0.05) is 6.21 Å². The van der Waals surface area contributed by atoms with Crippen LogP contribution in [0.1, 0.15) is 74.7 Å². The topological polar surface area (TPSA) is 57.1 Å². The zero-order valence-corrected chi connectivity index (χ0v) is 15.9. The molecule has 0 N–H and O–H groups in total. The lowest BCUT2D eigenvalue weighted by molar-refractivity contribution is 0.00578. The zero-order chi connectivity index (χ0) is 17.9. The van der Waals surface area contributed by atoms with E-state index in [2.05, 4.69) is 11.9 Å². The molecular weight excluding hydrogens is 293 g/mol. The second-order valence-corrected chi connectivity index (χ2v) is 8.20. The highest BCUT2D eigenvalue weighted by atomic mass is 16.7. The van der Waals surface area contributed by atoms with Crippen molar-refractivity contribution in [3.63, 3.8) is 0 Å². The molecule has 1 unspecified atom stereocenters. The SMILES string of the molecule is CCCC(C/C=N/C(=O)OC(C)(C)C)B1OC(C)(C)C(C)(C)O1. The van der Waals surface area contributed by atoms with Crippen molar-refractivity contribution in [3.05, 3.63) is 0 Å². The van der Waals surface area contributed by atoms with Crippen LogP contribution in [0.2, 0.25) is 5.82 Å². The number of nitrogens with zero attached hydrogens (tertiary/aromatic N) is 1. The molecule has 5 nitrogen and oxygen atoms in total. The van der Waals surface area contributed by atoms with E-state index in [9.17, 15) is 4.79 Å². The van der Waals surface area contributed by atoms with Crippen molar-refractivity contribution in [2.75, 3.05) is 0 Å². The van der Waals surface area contributed by atoms with Crippen LogP contribution in [-0.4, -0.2) is 36.2 Å². The maximum atomic E-state index is 11.6. The lowest BCUT2D eigenvalue weighted by atomic mass is 9.68. The summed E-state index contributed by atoms with van der Waals surface area (Å²) in [6, 6.07) is 0. The predicted octanol–water partition coefficient (Wildman–Crippen LogP) is 4.64. The number of ether oxygens (including phenoxy) is 1. The third-order valence-electron chi connectivity index (χ3n) is 4.31. The Bertz CT molecular complexity index is 424. The van der Waals surface area contributed by atoms with Gasteiger partial charge in [-0.05, 0) is 60.7 Å². The third-order valence-corrected chi connectivity index (χ3v) is 4.31. The van der Waals surface area contributed by atoms with Gasteiger partial charge in [0.1, 0.15) is 5.60 Å². The maximum absolute atomic E-state index is 11.6. The number of amides is 1. The number of aliphatic imine (C=N–C) groups is 1. The van der Waals surface area contributed by atoms with Crippen LogP contribution in [0.15, 0.2) is 4.99 Å². The summed E-state index contributed by atoms with van der Waals surface area (Å²) in [6.07, 6.45) is 3.68. The standard InChI is InChI=1S/C17H32BNO4/c1-9-10-13(11-12-19-14(20)21-15(2,3)4)18-22-16(5,6)17(7,8)23-18/h12-13H,9-11H2,1-8H3/b19-12+. The summed E-state index contributed by atoms with van der Waals surface area (Å²) in [5.74, 6) is 0.173. The Morgan fingerprint density at radius 3 is 2.17 bits per heavy atom. The Balaban J connectivity index is 2.65. The van der Waals surface area contributed by atoms with Gasteiger partial charge in [-0.15, -0.1) is 0 Å². The van der Waals surface area contributed by atoms with E-state index >= 15 is 0 Å². The van der Waals surface area contributed by atoms with Gasteiger partial charge in [0.2, 0.25) is 0 Å². The predicted molar refractivity (Wildman–Crippen MR) is 94.1 cm³/mol. The van der Waals surface area contributed by atoms with Crippen molar-refractivity contribution in [2.24, 2.45) is 4.99 Å². The Labute approximate surface area is 141 Å². The second-order valence-electron chi connectivity index (χ2n) is 8.20. The van der Waals surface area contributed by atoms with Gasteiger partial charge in [0.25, 0.3) is 0 Å². The Morgan fingerprint density at radius 2 is 1.74 bits per heavy atom. The van der Waals surface area contributed by atoms with E-state index < -0.39 is 11.7 Å². The molecule has 1 aliphatic heterocycles. The maximum Gasteiger partial charge on any atom is 0.461 e. The zero-order valence-electron chi connectivity index (χ0n) is 15.9. The lowest BCUT2D eigenvalue weighted by Crippen LogP contribution is -2.41. The van der Waals surface area contributed by atoms with E-state index in [4.69, 9.17) is 14.0 Å². The monoisotopic (exact) mass is 325 g/mol. The minimum Gasteiger partial charge on any atom is -0.442 e. The molecule has 23 heavy (non-hydrogen) atoms. The van der Waals surface area contributed by atoms with Crippen LogP contribution in [0.4, 0.5) is 4.79 Å². The van der Waals surface area contributed by atoms with E-state index in [0.717, 1.165) is 12.8 Å². The molecule has 0 aliphatic carbocycles. The number of hydrogen-bond acceptors (Lipinski definition) is 4. The highest BCUT2D eigenvalue weighted by Crippen LogP contribution is 2.41. The third kappa shape index (κ3) is 5.92. The molecular formula is C17H32BNO4. The fourth-order valence-corrected chi connectivity index (χ4v) is 2.37. The first-order chi connectivity index (χ1) is 10.4. The number of carbonyl (C=O) groups is 1. The van der Waals surface area contributed by atoms with Crippen molar-refractivity contribution in [1.29, 1.82) is 0 Å². The molecule has 0 aromatic rings. The van der Waals surface area contributed by atoms with Crippen LogP contribution in [-0.2, 0) is 14.0 Å². The van der Waals surface area contributed by atoms with Crippen molar-refractivity contribution in [3.8, 4) is 0 Å². The van der Waals surface area contributed by atoms with Crippen LogP contribution in [0.25, 0.3) is 0 Å². The Kier molecular flexibility index (Phi) is 6.44. The smallest absolute Gasteiger partial charge is 0.442 e. The first kappa shape index (κ1) is 20.2. The van der Waals surface area contributed by atoms with Gasteiger partial charge in [0.05, 0.1) is 11.2 Å². The molecule has 1 atom stereocenters. The van der Waals surface area contributed by atoms with Crippen LogP contribution in [0.3, 0.4) is 0 Å². The summed E-state index contributed by atoms with van der Waals surface area (Å²) in [5, 5.41) is 0. The minimum absolute atomic E-state index is 0.173. The molecule has 6 heteroatoms. The molecule has 0 aromatic carbocycles. The quantitative estimate of drug-likeness (QED) is 0.545. The molecule has 1 fully saturated rings. The summed E-state index contributed by atoms with van der Waals surface area (Å²) < 4.78 is 17.4. The first-order valence-electron chi connectivity index (χ1n) is 8.49. The van der Waals surface area contributed by atoms with Crippen LogP contribution in [0, 0.1) is 0 Å². The van der Waals surface area contributed by atoms with Crippen LogP contribution >= 0.6 is 0 Å². The van der Waals surface area contributed by atoms with E-state index in [1.165, 1.54) is 0 Å². The summed E-state index contributed by atoms with van der Waals surface area (Å²) >= 11 is 0. The fourth-order valence-electron chi connectivity index (χ4n) is 2.37. The number of carbonyl (C=O) groups excluding carboxylic acids is 1. The first-order valence-corrected chi connectivity index (χ1v) is 8.49. The van der Waals surface area contributed by atoms with Crippen molar-refractivity contribution in [1.82, 2.24) is 0 Å². The van der Waals surface area contributed by atoms with Gasteiger partial charge in [-0.25, -0.2) is 4.79 Å². The molecule has 1 aliphatic rings.